The first-order chi connectivity index (χ1) is 10.2. The van der Waals surface area contributed by atoms with Crippen molar-refractivity contribution in [3.63, 3.8) is 0 Å². The number of benzene rings is 2. The number of likely N-dealkylation sites (N-methyl/N-ethyl adjacent to an activating group) is 1. The van der Waals surface area contributed by atoms with Crippen LogP contribution in [0.5, 0.6) is 0 Å². The van der Waals surface area contributed by atoms with Crippen LogP contribution in [0, 0.1) is 0 Å². The molecule has 3 heteroatoms. The molecule has 108 valence electrons. The molecular formula is C18H21N3. The summed E-state index contributed by atoms with van der Waals surface area (Å²) >= 11 is 0. The van der Waals surface area contributed by atoms with Crippen molar-refractivity contribution in [2.75, 3.05) is 13.6 Å². The Balaban J connectivity index is 1.89. The van der Waals surface area contributed by atoms with Crippen molar-refractivity contribution in [1.82, 2.24) is 4.90 Å². The van der Waals surface area contributed by atoms with Crippen molar-refractivity contribution in [1.29, 1.82) is 0 Å². The number of hydrogen-bond acceptors (Lipinski definition) is 3. The highest BCUT2D eigenvalue weighted by Crippen LogP contribution is 2.29. The van der Waals surface area contributed by atoms with E-state index in [1.165, 1.54) is 11.1 Å². The maximum Gasteiger partial charge on any atom is 0.191 e. The molecule has 2 aromatic carbocycles. The van der Waals surface area contributed by atoms with E-state index >= 15 is 0 Å². The van der Waals surface area contributed by atoms with Crippen LogP contribution < -0.4 is 5.73 Å². The van der Waals surface area contributed by atoms with Crippen molar-refractivity contribution in [3.8, 4) is 0 Å². The summed E-state index contributed by atoms with van der Waals surface area (Å²) in [7, 11) is 2.05. The average Bonchev–Trinajstić information content (AvgIpc) is 2.78. The summed E-state index contributed by atoms with van der Waals surface area (Å²) in [6.07, 6.45) is 1.90. The fraction of sp³-hybridized carbons (Fsp3) is 0.278. The van der Waals surface area contributed by atoms with E-state index in [1.807, 2.05) is 0 Å². The minimum absolute atomic E-state index is 0.0627. The number of aliphatic imine (C=N–C) groups is 1. The molecule has 1 heterocycles. The van der Waals surface area contributed by atoms with Gasteiger partial charge in [-0.1, -0.05) is 60.7 Å². The Kier molecular flexibility index (Phi) is 3.65. The summed E-state index contributed by atoms with van der Waals surface area (Å²) in [5.41, 5.74) is 8.62. The molecule has 0 saturated heterocycles. The first-order valence-corrected chi connectivity index (χ1v) is 7.31. The van der Waals surface area contributed by atoms with E-state index in [4.69, 9.17) is 5.73 Å². The second-order valence-electron chi connectivity index (χ2n) is 5.78. The topological polar surface area (TPSA) is 41.6 Å². The lowest BCUT2D eigenvalue weighted by atomic mass is 9.84. The predicted octanol–water partition coefficient (Wildman–Crippen LogP) is 2.47. The summed E-state index contributed by atoms with van der Waals surface area (Å²) in [4.78, 5) is 6.63. The molecular weight excluding hydrogens is 258 g/mol. The van der Waals surface area contributed by atoms with Gasteiger partial charge in [-0.15, -0.1) is 0 Å². The Bertz CT molecular complexity index is 578. The predicted molar refractivity (Wildman–Crippen MR) is 87.3 cm³/mol. The van der Waals surface area contributed by atoms with Crippen LogP contribution in [0.25, 0.3) is 0 Å². The van der Waals surface area contributed by atoms with Crippen molar-refractivity contribution < 1.29 is 0 Å². The molecule has 3 rings (SSSR count). The van der Waals surface area contributed by atoms with E-state index in [-0.39, 0.29) is 5.54 Å². The van der Waals surface area contributed by atoms with Crippen LogP contribution in [0.4, 0.5) is 0 Å². The van der Waals surface area contributed by atoms with Gasteiger partial charge < -0.3 is 10.6 Å². The number of nitrogens with zero attached hydrogens (tertiary/aromatic N) is 2. The molecule has 0 radical (unpaired) electrons. The molecule has 1 aliphatic rings. The molecule has 0 fully saturated rings. The molecule has 0 unspecified atom stereocenters. The van der Waals surface area contributed by atoms with Crippen molar-refractivity contribution in [2.45, 2.75) is 18.4 Å². The normalized spacial score (nSPS) is 16.8. The zero-order valence-electron chi connectivity index (χ0n) is 12.4. The van der Waals surface area contributed by atoms with Gasteiger partial charge in [-0.05, 0) is 24.0 Å². The number of guanidine groups is 1. The Morgan fingerprint density at radius 3 is 1.81 bits per heavy atom. The van der Waals surface area contributed by atoms with Crippen LogP contribution in [0.1, 0.15) is 11.1 Å². The minimum atomic E-state index is -0.0627. The molecule has 2 aromatic rings. The van der Waals surface area contributed by atoms with Gasteiger partial charge in [-0.25, -0.2) is 0 Å². The largest absolute Gasteiger partial charge is 0.370 e. The van der Waals surface area contributed by atoms with Gasteiger partial charge in [0, 0.05) is 7.05 Å². The standard InChI is InChI=1S/C18H21N3/c1-21-17(19)20-14-18(21,12-15-8-4-2-5-9-15)13-16-10-6-3-7-11-16/h2-11H,12-14H2,1H3,(H2,19,20). The molecule has 0 spiro atoms. The van der Waals surface area contributed by atoms with Gasteiger partial charge in [-0.3, -0.25) is 4.99 Å². The number of hydrogen-bond donors (Lipinski definition) is 1. The lowest BCUT2D eigenvalue weighted by Gasteiger charge is -2.37. The fourth-order valence-electron chi connectivity index (χ4n) is 3.05. The lowest BCUT2D eigenvalue weighted by molar-refractivity contribution is 0.232. The van der Waals surface area contributed by atoms with E-state index in [9.17, 15) is 0 Å². The number of rotatable bonds is 4. The monoisotopic (exact) mass is 279 g/mol. The SMILES string of the molecule is CN1C(N)=NCC1(Cc1ccccc1)Cc1ccccc1. The maximum atomic E-state index is 6.04. The van der Waals surface area contributed by atoms with Gasteiger partial charge in [0.1, 0.15) is 0 Å². The Morgan fingerprint density at radius 1 is 0.952 bits per heavy atom. The van der Waals surface area contributed by atoms with Gasteiger partial charge in [-0.2, -0.15) is 0 Å². The third-order valence-electron chi connectivity index (χ3n) is 4.34. The molecule has 3 nitrogen and oxygen atoms in total. The molecule has 0 atom stereocenters. The van der Waals surface area contributed by atoms with Crippen molar-refractivity contribution in [2.24, 2.45) is 10.7 Å². The summed E-state index contributed by atoms with van der Waals surface area (Å²) in [6.45, 7) is 0.749. The van der Waals surface area contributed by atoms with Gasteiger partial charge in [0.05, 0.1) is 12.1 Å². The van der Waals surface area contributed by atoms with Gasteiger partial charge in [0.25, 0.3) is 0 Å². The molecule has 0 bridgehead atoms. The fourth-order valence-corrected chi connectivity index (χ4v) is 3.05. The maximum absolute atomic E-state index is 6.04. The Labute approximate surface area is 126 Å². The molecule has 0 saturated carbocycles. The second-order valence-corrected chi connectivity index (χ2v) is 5.78. The Morgan fingerprint density at radius 2 is 1.43 bits per heavy atom. The Hall–Kier alpha value is -2.29. The minimum Gasteiger partial charge on any atom is -0.370 e. The summed E-state index contributed by atoms with van der Waals surface area (Å²) < 4.78 is 0. The van der Waals surface area contributed by atoms with Crippen molar-refractivity contribution >= 4 is 5.96 Å². The van der Waals surface area contributed by atoms with E-state index in [2.05, 4.69) is 77.6 Å². The first kappa shape index (κ1) is 13.7. The van der Waals surface area contributed by atoms with E-state index < -0.39 is 0 Å². The molecule has 0 amide bonds. The quantitative estimate of drug-likeness (QED) is 0.934. The van der Waals surface area contributed by atoms with E-state index in [1.54, 1.807) is 0 Å². The highest BCUT2D eigenvalue weighted by Gasteiger charge is 2.40. The smallest absolute Gasteiger partial charge is 0.191 e. The number of nitrogens with two attached hydrogens (primary N) is 1. The second kappa shape index (κ2) is 5.60. The third kappa shape index (κ3) is 2.77. The summed E-state index contributed by atoms with van der Waals surface area (Å²) in [6, 6.07) is 21.2. The van der Waals surface area contributed by atoms with Crippen LogP contribution in [0.3, 0.4) is 0 Å². The summed E-state index contributed by atoms with van der Waals surface area (Å²) in [5, 5.41) is 0. The molecule has 0 aromatic heterocycles. The van der Waals surface area contributed by atoms with Crippen LogP contribution >= 0.6 is 0 Å². The van der Waals surface area contributed by atoms with Crippen LogP contribution in [-0.4, -0.2) is 30.0 Å². The molecule has 0 aliphatic carbocycles. The zero-order chi connectivity index (χ0) is 14.7. The van der Waals surface area contributed by atoms with Crippen LogP contribution in [-0.2, 0) is 12.8 Å². The van der Waals surface area contributed by atoms with Gasteiger partial charge in [0.2, 0.25) is 0 Å². The molecule has 2 N–H and O–H groups in total. The lowest BCUT2D eigenvalue weighted by Crippen LogP contribution is -2.52. The molecule has 1 aliphatic heterocycles. The first-order valence-electron chi connectivity index (χ1n) is 7.31. The van der Waals surface area contributed by atoms with Crippen LogP contribution in [0.15, 0.2) is 65.7 Å². The van der Waals surface area contributed by atoms with Crippen molar-refractivity contribution in [3.05, 3.63) is 71.8 Å². The van der Waals surface area contributed by atoms with E-state index in [0.717, 1.165) is 19.4 Å². The highest BCUT2D eigenvalue weighted by atomic mass is 15.3. The average molecular weight is 279 g/mol. The molecule has 21 heavy (non-hydrogen) atoms. The third-order valence-corrected chi connectivity index (χ3v) is 4.34. The zero-order valence-corrected chi connectivity index (χ0v) is 12.4. The highest BCUT2D eigenvalue weighted by molar-refractivity contribution is 5.80. The summed E-state index contributed by atoms with van der Waals surface area (Å²) in [5.74, 6) is 0.641. The van der Waals surface area contributed by atoms with Gasteiger partial charge >= 0.3 is 0 Å². The van der Waals surface area contributed by atoms with Crippen LogP contribution in [0.2, 0.25) is 0 Å². The van der Waals surface area contributed by atoms with E-state index in [0.29, 0.717) is 5.96 Å². The van der Waals surface area contributed by atoms with Gasteiger partial charge in [0.15, 0.2) is 5.96 Å².